The number of benzene rings is 5. The van der Waals surface area contributed by atoms with E-state index in [2.05, 4.69) is 114 Å². The summed E-state index contributed by atoms with van der Waals surface area (Å²) in [5.41, 5.74) is 11.0. The van der Waals surface area contributed by atoms with Gasteiger partial charge in [0.05, 0.1) is 17.2 Å². The lowest BCUT2D eigenvalue weighted by Crippen LogP contribution is -2.17. The first-order chi connectivity index (χ1) is 22.6. The zero-order valence-electron chi connectivity index (χ0n) is 25.5. The van der Waals surface area contributed by atoms with Crippen LogP contribution in [0.3, 0.4) is 0 Å². The Kier molecular flexibility index (Phi) is 5.78. The van der Waals surface area contributed by atoms with Crippen molar-refractivity contribution in [2.45, 2.75) is 19.3 Å². The summed E-state index contributed by atoms with van der Waals surface area (Å²) >= 11 is 0. The maximum absolute atomic E-state index is 5.10. The van der Waals surface area contributed by atoms with Crippen molar-refractivity contribution in [3.63, 3.8) is 0 Å². The summed E-state index contributed by atoms with van der Waals surface area (Å²) < 4.78 is 2.34. The number of fused-ring (bicyclic) bond motifs is 6. The molecule has 0 amide bonds. The van der Waals surface area contributed by atoms with E-state index in [0.29, 0.717) is 17.5 Å². The lowest BCUT2D eigenvalue weighted by atomic mass is 9.80. The van der Waals surface area contributed by atoms with E-state index < -0.39 is 0 Å². The number of pyridine rings is 1. The van der Waals surface area contributed by atoms with E-state index in [1.54, 1.807) is 0 Å². The summed E-state index contributed by atoms with van der Waals surface area (Å²) in [5, 5.41) is 2.43. The molecule has 0 spiro atoms. The lowest BCUT2D eigenvalue weighted by Gasteiger charge is -2.24. The Morgan fingerprint density at radius 1 is 0.522 bits per heavy atom. The van der Waals surface area contributed by atoms with E-state index in [1.807, 2.05) is 48.8 Å². The number of rotatable bonds is 4. The average molecular weight is 592 g/mol. The molecular weight excluding hydrogens is 562 g/mol. The van der Waals surface area contributed by atoms with Crippen molar-refractivity contribution >= 4 is 21.8 Å². The molecule has 0 fully saturated rings. The summed E-state index contributed by atoms with van der Waals surface area (Å²) in [6.07, 6.45) is 3.84. The van der Waals surface area contributed by atoms with Gasteiger partial charge in [0.15, 0.2) is 17.5 Å². The van der Waals surface area contributed by atoms with Crippen molar-refractivity contribution in [3.8, 4) is 51.0 Å². The van der Waals surface area contributed by atoms with Crippen LogP contribution in [0.5, 0.6) is 0 Å². The second-order valence-electron chi connectivity index (χ2n) is 12.4. The Labute approximate surface area is 266 Å². The quantitative estimate of drug-likeness (QED) is 0.204. The Bertz CT molecular complexity index is 2330. The van der Waals surface area contributed by atoms with Crippen LogP contribution in [0, 0.1) is 0 Å². The van der Waals surface area contributed by atoms with Gasteiger partial charge >= 0.3 is 0 Å². The predicted octanol–water partition coefficient (Wildman–Crippen LogP) is 9.67. The number of hydrogen-bond donors (Lipinski definition) is 0. The third-order valence-electron chi connectivity index (χ3n) is 9.33. The molecular formula is C41H29N5. The van der Waals surface area contributed by atoms with Crippen molar-refractivity contribution in [1.29, 1.82) is 0 Å². The van der Waals surface area contributed by atoms with E-state index >= 15 is 0 Å². The van der Waals surface area contributed by atoms with Crippen molar-refractivity contribution < 1.29 is 0 Å². The third-order valence-corrected chi connectivity index (χ3v) is 9.33. The fourth-order valence-corrected chi connectivity index (χ4v) is 7.22. The summed E-state index contributed by atoms with van der Waals surface area (Å²) in [5.74, 6) is 2.01. The van der Waals surface area contributed by atoms with Gasteiger partial charge < -0.3 is 4.57 Å². The maximum Gasteiger partial charge on any atom is 0.164 e. The number of hydrogen-bond acceptors (Lipinski definition) is 4. The summed E-state index contributed by atoms with van der Waals surface area (Å²) in [6.45, 7) is 4.63. The average Bonchev–Trinajstić information content (AvgIpc) is 3.57. The highest BCUT2D eigenvalue weighted by molar-refractivity contribution is 6.09. The van der Waals surface area contributed by atoms with Gasteiger partial charge in [-0.15, -0.1) is 0 Å². The minimum atomic E-state index is -0.305. The minimum absolute atomic E-state index is 0.305. The highest BCUT2D eigenvalue weighted by atomic mass is 15.0. The molecule has 3 aromatic heterocycles. The van der Waals surface area contributed by atoms with Gasteiger partial charge in [0, 0.05) is 44.8 Å². The van der Waals surface area contributed by atoms with Crippen molar-refractivity contribution in [3.05, 3.63) is 151 Å². The van der Waals surface area contributed by atoms with Crippen molar-refractivity contribution in [1.82, 2.24) is 24.5 Å². The topological polar surface area (TPSA) is 56.5 Å². The van der Waals surface area contributed by atoms with Gasteiger partial charge in [-0.1, -0.05) is 117 Å². The van der Waals surface area contributed by atoms with Gasteiger partial charge in [0.1, 0.15) is 0 Å². The molecule has 46 heavy (non-hydrogen) atoms. The van der Waals surface area contributed by atoms with Crippen LogP contribution in [0.2, 0.25) is 0 Å². The zero-order chi connectivity index (χ0) is 30.8. The molecule has 0 saturated heterocycles. The van der Waals surface area contributed by atoms with Crippen LogP contribution in [0.15, 0.2) is 140 Å². The van der Waals surface area contributed by atoms with Gasteiger partial charge in [0.25, 0.3) is 0 Å². The third kappa shape index (κ3) is 3.95. The molecule has 5 heteroatoms. The van der Waals surface area contributed by atoms with Crippen LogP contribution in [0.25, 0.3) is 72.8 Å². The number of nitrogens with zero attached hydrogens (tertiary/aromatic N) is 5. The standard InChI is InChI=1S/C41H29N5/c1-41(2)34-24-28(46-35-19-10-9-16-30(35)31-22-23-42-25-36(31)46)20-21-29(34)32-17-11-18-33(37(32)41)40-44-38(26-12-5-3-6-13-26)43-39(45-40)27-14-7-4-8-15-27/h3-25H,1-2H3. The molecule has 9 rings (SSSR count). The molecule has 0 atom stereocenters. The highest BCUT2D eigenvalue weighted by Gasteiger charge is 2.38. The van der Waals surface area contributed by atoms with Crippen LogP contribution in [-0.2, 0) is 5.41 Å². The molecule has 1 aliphatic carbocycles. The van der Waals surface area contributed by atoms with Gasteiger partial charge in [-0.25, -0.2) is 15.0 Å². The summed E-state index contributed by atoms with van der Waals surface area (Å²) in [6, 6.07) is 44.4. The SMILES string of the molecule is CC1(C)c2cc(-n3c4ccccc4c4ccncc43)ccc2-c2cccc(-c3nc(-c4ccccc4)nc(-c4ccccc4)n3)c21. The van der Waals surface area contributed by atoms with E-state index in [9.17, 15) is 0 Å². The lowest BCUT2D eigenvalue weighted by molar-refractivity contribution is 0.661. The first kappa shape index (κ1) is 26.5. The molecule has 218 valence electrons. The molecule has 0 N–H and O–H groups in total. The molecule has 5 aromatic carbocycles. The first-order valence-electron chi connectivity index (χ1n) is 15.6. The van der Waals surface area contributed by atoms with Crippen molar-refractivity contribution in [2.24, 2.45) is 0 Å². The van der Waals surface area contributed by atoms with Crippen LogP contribution < -0.4 is 0 Å². The Hall–Kier alpha value is -5.94. The highest BCUT2D eigenvalue weighted by Crippen LogP contribution is 2.52. The molecule has 0 saturated carbocycles. The fourth-order valence-electron chi connectivity index (χ4n) is 7.22. The van der Waals surface area contributed by atoms with Gasteiger partial charge in [-0.3, -0.25) is 4.98 Å². The Morgan fingerprint density at radius 2 is 1.15 bits per heavy atom. The molecule has 1 aliphatic rings. The predicted molar refractivity (Wildman–Crippen MR) is 186 cm³/mol. The van der Waals surface area contributed by atoms with Crippen LogP contribution in [0.1, 0.15) is 25.0 Å². The largest absolute Gasteiger partial charge is 0.308 e. The summed E-state index contributed by atoms with van der Waals surface area (Å²) in [4.78, 5) is 19.6. The molecule has 5 nitrogen and oxygen atoms in total. The smallest absolute Gasteiger partial charge is 0.164 e. The monoisotopic (exact) mass is 591 g/mol. The Balaban J connectivity index is 1.24. The number of para-hydroxylation sites is 1. The molecule has 0 unspecified atom stereocenters. The van der Waals surface area contributed by atoms with Gasteiger partial charge in [-0.2, -0.15) is 0 Å². The van der Waals surface area contributed by atoms with E-state index in [-0.39, 0.29) is 5.41 Å². The Morgan fingerprint density at radius 3 is 1.89 bits per heavy atom. The molecule has 0 bridgehead atoms. The second-order valence-corrected chi connectivity index (χ2v) is 12.4. The van der Waals surface area contributed by atoms with Gasteiger partial charge in [0.2, 0.25) is 0 Å². The fraction of sp³-hybridized carbons (Fsp3) is 0.0732. The molecule has 0 aliphatic heterocycles. The molecule has 3 heterocycles. The number of aromatic nitrogens is 5. The molecule has 8 aromatic rings. The van der Waals surface area contributed by atoms with E-state index in [4.69, 9.17) is 15.0 Å². The minimum Gasteiger partial charge on any atom is -0.308 e. The van der Waals surface area contributed by atoms with Crippen molar-refractivity contribution in [2.75, 3.05) is 0 Å². The van der Waals surface area contributed by atoms with Crippen LogP contribution >= 0.6 is 0 Å². The van der Waals surface area contributed by atoms with E-state index in [1.165, 1.54) is 38.5 Å². The maximum atomic E-state index is 5.10. The normalized spacial score (nSPS) is 13.2. The first-order valence-corrected chi connectivity index (χ1v) is 15.6. The van der Waals surface area contributed by atoms with Gasteiger partial charge in [-0.05, 0) is 46.5 Å². The molecule has 0 radical (unpaired) electrons. The zero-order valence-corrected chi connectivity index (χ0v) is 25.5. The van der Waals surface area contributed by atoms with Crippen LogP contribution in [0.4, 0.5) is 0 Å². The summed E-state index contributed by atoms with van der Waals surface area (Å²) in [7, 11) is 0. The second kappa shape index (κ2) is 10.0. The van der Waals surface area contributed by atoms with E-state index in [0.717, 1.165) is 27.9 Å². The van der Waals surface area contributed by atoms with Crippen LogP contribution in [-0.4, -0.2) is 24.5 Å².